The van der Waals surface area contributed by atoms with E-state index in [0.717, 1.165) is 0 Å². The average molecular weight is 218 g/mol. The van der Waals surface area contributed by atoms with Crippen molar-refractivity contribution in [1.29, 1.82) is 0 Å². The van der Waals surface area contributed by atoms with Gasteiger partial charge in [-0.05, 0) is 31.5 Å². The van der Waals surface area contributed by atoms with Gasteiger partial charge in [0.2, 0.25) is 0 Å². The number of para-hydroxylation sites is 1. The third kappa shape index (κ3) is 2.22. The van der Waals surface area contributed by atoms with Crippen LogP contribution in [0.2, 0.25) is 0 Å². The number of hydrogen-bond acceptors (Lipinski definition) is 2. The summed E-state index contributed by atoms with van der Waals surface area (Å²) < 4.78 is 0. The van der Waals surface area contributed by atoms with Crippen molar-refractivity contribution in [3.05, 3.63) is 29.8 Å². The van der Waals surface area contributed by atoms with Gasteiger partial charge in [-0.2, -0.15) is 0 Å². The molecule has 1 aliphatic heterocycles. The zero-order valence-corrected chi connectivity index (χ0v) is 10.4. The number of anilines is 1. The highest BCUT2D eigenvalue weighted by atomic mass is 15.1. The Kier molecular flexibility index (Phi) is 3.83. The van der Waals surface area contributed by atoms with Crippen molar-refractivity contribution < 1.29 is 0 Å². The number of hydrogen-bond donors (Lipinski definition) is 1. The number of unbranched alkanes of at least 4 members (excludes halogenated alkanes) is 1. The van der Waals surface area contributed by atoms with Crippen LogP contribution in [0.3, 0.4) is 0 Å². The first-order chi connectivity index (χ1) is 7.86. The van der Waals surface area contributed by atoms with Crippen LogP contribution in [0.4, 0.5) is 5.69 Å². The van der Waals surface area contributed by atoms with E-state index in [0.29, 0.717) is 6.04 Å². The highest BCUT2D eigenvalue weighted by Crippen LogP contribution is 2.33. The van der Waals surface area contributed by atoms with Crippen LogP contribution in [-0.2, 0) is 0 Å². The molecule has 0 saturated heterocycles. The van der Waals surface area contributed by atoms with Crippen molar-refractivity contribution in [2.45, 2.75) is 32.2 Å². The molecule has 0 aliphatic carbocycles. The van der Waals surface area contributed by atoms with Crippen LogP contribution in [-0.4, -0.2) is 20.1 Å². The summed E-state index contributed by atoms with van der Waals surface area (Å²) in [5.74, 6) is 0. The summed E-state index contributed by atoms with van der Waals surface area (Å²) in [6.07, 6.45) is 3.78. The Morgan fingerprint density at radius 3 is 2.94 bits per heavy atom. The fraction of sp³-hybridized carbons (Fsp3) is 0.571. The molecule has 88 valence electrons. The number of benzene rings is 1. The predicted molar refractivity (Wildman–Crippen MR) is 70.0 cm³/mol. The molecule has 1 aromatic carbocycles. The summed E-state index contributed by atoms with van der Waals surface area (Å²) in [5, 5.41) is 3.41. The molecule has 0 aromatic heterocycles. The number of nitrogens with zero attached hydrogens (tertiary/aromatic N) is 1. The summed E-state index contributed by atoms with van der Waals surface area (Å²) in [6, 6.07) is 9.35. The van der Waals surface area contributed by atoms with E-state index in [-0.39, 0.29) is 0 Å². The molecule has 0 amide bonds. The van der Waals surface area contributed by atoms with E-state index in [4.69, 9.17) is 0 Å². The lowest BCUT2D eigenvalue weighted by atomic mass is 9.96. The van der Waals surface area contributed by atoms with Crippen LogP contribution < -0.4 is 10.2 Å². The topological polar surface area (TPSA) is 15.3 Å². The Balaban J connectivity index is 2.21. The summed E-state index contributed by atoms with van der Waals surface area (Å²) >= 11 is 0. The van der Waals surface area contributed by atoms with Crippen LogP contribution >= 0.6 is 0 Å². The van der Waals surface area contributed by atoms with Gasteiger partial charge in [0.1, 0.15) is 0 Å². The van der Waals surface area contributed by atoms with Crippen LogP contribution in [0.1, 0.15) is 37.8 Å². The van der Waals surface area contributed by atoms with Crippen molar-refractivity contribution in [2.24, 2.45) is 0 Å². The largest absolute Gasteiger partial charge is 0.371 e. The molecule has 1 unspecified atom stereocenters. The van der Waals surface area contributed by atoms with E-state index in [2.05, 4.69) is 48.5 Å². The maximum atomic E-state index is 3.41. The van der Waals surface area contributed by atoms with E-state index >= 15 is 0 Å². The molecule has 0 saturated carbocycles. The molecule has 2 heteroatoms. The summed E-state index contributed by atoms with van der Waals surface area (Å²) in [4.78, 5) is 2.53. The first-order valence-corrected chi connectivity index (χ1v) is 6.38. The minimum Gasteiger partial charge on any atom is -0.371 e. The van der Waals surface area contributed by atoms with E-state index in [1.807, 2.05) is 0 Å². The van der Waals surface area contributed by atoms with Crippen LogP contribution in [0.5, 0.6) is 0 Å². The third-order valence-corrected chi connectivity index (χ3v) is 3.47. The van der Waals surface area contributed by atoms with Crippen LogP contribution in [0.15, 0.2) is 24.3 Å². The maximum absolute atomic E-state index is 3.41. The van der Waals surface area contributed by atoms with Gasteiger partial charge in [0.25, 0.3) is 0 Å². The van der Waals surface area contributed by atoms with E-state index in [1.165, 1.54) is 43.6 Å². The Hall–Kier alpha value is -1.02. The van der Waals surface area contributed by atoms with Gasteiger partial charge in [0.15, 0.2) is 0 Å². The molecule has 16 heavy (non-hydrogen) atoms. The molecule has 2 nitrogen and oxygen atoms in total. The molecule has 2 rings (SSSR count). The van der Waals surface area contributed by atoms with Gasteiger partial charge in [-0.15, -0.1) is 0 Å². The highest BCUT2D eigenvalue weighted by molar-refractivity contribution is 5.56. The normalized spacial score (nSPS) is 19.6. The number of rotatable bonds is 4. The van der Waals surface area contributed by atoms with Gasteiger partial charge in [-0.25, -0.2) is 0 Å². The van der Waals surface area contributed by atoms with E-state index in [1.54, 1.807) is 0 Å². The summed E-state index contributed by atoms with van der Waals surface area (Å²) in [7, 11) is 2.06. The fourth-order valence-electron chi connectivity index (χ4n) is 2.51. The fourth-order valence-corrected chi connectivity index (χ4v) is 2.51. The Bertz CT molecular complexity index is 335. The van der Waals surface area contributed by atoms with Crippen molar-refractivity contribution in [3.8, 4) is 0 Å². The van der Waals surface area contributed by atoms with Gasteiger partial charge < -0.3 is 10.2 Å². The van der Waals surface area contributed by atoms with Gasteiger partial charge in [0, 0.05) is 24.8 Å². The van der Waals surface area contributed by atoms with Gasteiger partial charge in [-0.1, -0.05) is 31.5 Å². The molecule has 0 bridgehead atoms. The minimum atomic E-state index is 0.536. The Morgan fingerprint density at radius 1 is 1.38 bits per heavy atom. The third-order valence-electron chi connectivity index (χ3n) is 3.47. The zero-order valence-electron chi connectivity index (χ0n) is 10.4. The summed E-state index contributed by atoms with van der Waals surface area (Å²) in [5.41, 5.74) is 2.90. The van der Waals surface area contributed by atoms with Crippen LogP contribution in [0.25, 0.3) is 0 Å². The standard InChI is InChI=1S/C14H22N2/c1-3-4-10-16-11-9-13(15-2)12-7-5-6-8-14(12)16/h5-8,13,15H,3-4,9-11H2,1-2H3. The highest BCUT2D eigenvalue weighted by Gasteiger charge is 2.22. The summed E-state index contributed by atoms with van der Waals surface area (Å²) in [6.45, 7) is 4.64. The maximum Gasteiger partial charge on any atom is 0.0414 e. The Morgan fingerprint density at radius 2 is 2.19 bits per heavy atom. The number of fused-ring (bicyclic) bond motifs is 1. The SMILES string of the molecule is CCCCN1CCC(NC)c2ccccc21. The molecule has 1 aliphatic rings. The predicted octanol–water partition coefficient (Wildman–Crippen LogP) is 2.96. The molecule has 1 N–H and O–H groups in total. The quantitative estimate of drug-likeness (QED) is 0.836. The Labute approximate surface area is 98.7 Å². The molecular weight excluding hydrogens is 196 g/mol. The second kappa shape index (κ2) is 5.35. The second-order valence-electron chi connectivity index (χ2n) is 4.53. The minimum absolute atomic E-state index is 0.536. The lowest BCUT2D eigenvalue weighted by Crippen LogP contribution is -2.35. The lowest BCUT2D eigenvalue weighted by molar-refractivity contribution is 0.513. The van der Waals surface area contributed by atoms with Crippen molar-refractivity contribution >= 4 is 5.69 Å². The van der Waals surface area contributed by atoms with E-state index in [9.17, 15) is 0 Å². The molecule has 1 aromatic rings. The van der Waals surface area contributed by atoms with Crippen molar-refractivity contribution in [2.75, 3.05) is 25.0 Å². The van der Waals surface area contributed by atoms with Gasteiger partial charge in [-0.3, -0.25) is 0 Å². The second-order valence-corrected chi connectivity index (χ2v) is 4.53. The van der Waals surface area contributed by atoms with Gasteiger partial charge >= 0.3 is 0 Å². The smallest absolute Gasteiger partial charge is 0.0414 e. The monoisotopic (exact) mass is 218 g/mol. The molecular formula is C14H22N2. The average Bonchev–Trinajstić information content (AvgIpc) is 2.36. The first kappa shape index (κ1) is 11.5. The van der Waals surface area contributed by atoms with Crippen molar-refractivity contribution in [1.82, 2.24) is 5.32 Å². The molecule has 1 heterocycles. The van der Waals surface area contributed by atoms with Gasteiger partial charge in [0.05, 0.1) is 0 Å². The molecule has 0 spiro atoms. The van der Waals surface area contributed by atoms with Crippen molar-refractivity contribution in [3.63, 3.8) is 0 Å². The van der Waals surface area contributed by atoms with E-state index < -0.39 is 0 Å². The zero-order chi connectivity index (χ0) is 11.4. The first-order valence-electron chi connectivity index (χ1n) is 6.38. The van der Waals surface area contributed by atoms with Crippen LogP contribution in [0, 0.1) is 0 Å². The number of nitrogens with one attached hydrogen (secondary N) is 1. The lowest BCUT2D eigenvalue weighted by Gasteiger charge is -2.35. The molecule has 1 atom stereocenters. The molecule has 0 fully saturated rings. The molecule has 0 radical (unpaired) electrons.